The zero-order valence-electron chi connectivity index (χ0n) is 6.94. The van der Waals surface area contributed by atoms with Gasteiger partial charge >= 0.3 is 0 Å². The fraction of sp³-hybridized carbons (Fsp3) is 0.286. The molecule has 0 saturated heterocycles. The summed E-state index contributed by atoms with van der Waals surface area (Å²) in [4.78, 5) is 8.10. The Morgan fingerprint density at radius 1 is 1.62 bits per heavy atom. The first-order valence-electron chi connectivity index (χ1n) is 3.66. The molecule has 2 aromatic rings. The molecular weight excluding hydrogens is 236 g/mol. The topological polar surface area (TPSA) is 56.7 Å². The molecule has 0 atom stereocenters. The van der Waals surface area contributed by atoms with Gasteiger partial charge in [-0.2, -0.15) is 4.98 Å². The van der Waals surface area contributed by atoms with E-state index < -0.39 is 0 Å². The van der Waals surface area contributed by atoms with Crippen molar-refractivity contribution >= 4 is 15.9 Å². The second kappa shape index (κ2) is 3.29. The molecule has 2 aromatic heterocycles. The van der Waals surface area contributed by atoms with Gasteiger partial charge in [0.15, 0.2) is 5.82 Å². The van der Waals surface area contributed by atoms with Crippen LogP contribution in [-0.4, -0.2) is 19.7 Å². The molecule has 0 amide bonds. The van der Waals surface area contributed by atoms with Gasteiger partial charge in [-0.3, -0.25) is 0 Å². The lowest BCUT2D eigenvalue weighted by Crippen LogP contribution is -1.89. The number of hydrogen-bond acceptors (Lipinski definition) is 4. The van der Waals surface area contributed by atoms with E-state index in [1.54, 1.807) is 12.5 Å². The lowest BCUT2D eigenvalue weighted by atomic mass is 10.5. The molecule has 0 N–H and O–H groups in total. The summed E-state index contributed by atoms with van der Waals surface area (Å²) in [5.74, 6) is 1.13. The second-order valence-corrected chi connectivity index (χ2v) is 3.10. The number of alkyl halides is 1. The van der Waals surface area contributed by atoms with Crippen LogP contribution < -0.4 is 0 Å². The Bertz CT molecular complexity index is 408. The fourth-order valence-corrected chi connectivity index (χ4v) is 1.20. The predicted molar refractivity (Wildman–Crippen MR) is 49.1 cm³/mol. The Morgan fingerprint density at radius 3 is 3.00 bits per heavy atom. The van der Waals surface area contributed by atoms with Gasteiger partial charge in [0.2, 0.25) is 0 Å². The van der Waals surface area contributed by atoms with Crippen LogP contribution in [0, 0.1) is 0 Å². The van der Waals surface area contributed by atoms with Gasteiger partial charge in [-0.15, -0.1) is 0 Å². The molecule has 0 aromatic carbocycles. The fourth-order valence-electron chi connectivity index (χ4n) is 0.976. The SMILES string of the molecule is Cn1cncc1-c1nc(CBr)no1. The van der Waals surface area contributed by atoms with Crippen molar-refractivity contribution in [3.63, 3.8) is 0 Å². The Morgan fingerprint density at radius 2 is 2.46 bits per heavy atom. The Hall–Kier alpha value is -1.17. The number of rotatable bonds is 2. The van der Waals surface area contributed by atoms with Crippen LogP contribution in [0.15, 0.2) is 17.0 Å². The molecule has 0 saturated carbocycles. The molecule has 68 valence electrons. The van der Waals surface area contributed by atoms with E-state index in [9.17, 15) is 0 Å². The summed E-state index contributed by atoms with van der Waals surface area (Å²) in [6.07, 6.45) is 3.37. The Labute approximate surface area is 82.9 Å². The summed E-state index contributed by atoms with van der Waals surface area (Å²) in [7, 11) is 1.88. The first kappa shape index (κ1) is 8.43. The van der Waals surface area contributed by atoms with E-state index in [0.717, 1.165) is 5.69 Å². The van der Waals surface area contributed by atoms with E-state index in [4.69, 9.17) is 4.52 Å². The van der Waals surface area contributed by atoms with Crippen molar-refractivity contribution in [2.45, 2.75) is 5.33 Å². The lowest BCUT2D eigenvalue weighted by molar-refractivity contribution is 0.422. The normalized spacial score (nSPS) is 10.6. The monoisotopic (exact) mass is 242 g/mol. The third kappa shape index (κ3) is 1.49. The van der Waals surface area contributed by atoms with E-state index in [1.165, 1.54) is 0 Å². The molecule has 2 rings (SSSR count). The first-order chi connectivity index (χ1) is 6.31. The van der Waals surface area contributed by atoms with Crippen molar-refractivity contribution < 1.29 is 4.52 Å². The number of aromatic nitrogens is 4. The van der Waals surface area contributed by atoms with Gasteiger partial charge in [0.25, 0.3) is 5.89 Å². The maximum Gasteiger partial charge on any atom is 0.276 e. The number of aryl methyl sites for hydroxylation is 1. The van der Waals surface area contributed by atoms with Crippen molar-refractivity contribution in [2.75, 3.05) is 0 Å². The van der Waals surface area contributed by atoms with Crippen LogP contribution in [0.25, 0.3) is 11.6 Å². The maximum absolute atomic E-state index is 5.03. The van der Waals surface area contributed by atoms with Gasteiger partial charge < -0.3 is 9.09 Å². The molecule has 13 heavy (non-hydrogen) atoms. The smallest absolute Gasteiger partial charge is 0.276 e. The number of nitrogens with zero attached hydrogens (tertiary/aromatic N) is 4. The molecule has 2 heterocycles. The second-order valence-electron chi connectivity index (χ2n) is 2.54. The minimum Gasteiger partial charge on any atom is -0.332 e. The van der Waals surface area contributed by atoms with Crippen LogP contribution >= 0.6 is 15.9 Å². The third-order valence-corrected chi connectivity index (χ3v) is 2.12. The summed E-state index contributed by atoms with van der Waals surface area (Å²) >= 11 is 3.25. The quantitative estimate of drug-likeness (QED) is 0.747. The molecule has 0 bridgehead atoms. The zero-order chi connectivity index (χ0) is 9.26. The maximum atomic E-state index is 5.03. The highest BCUT2D eigenvalue weighted by Gasteiger charge is 2.10. The van der Waals surface area contributed by atoms with E-state index in [0.29, 0.717) is 17.0 Å². The average molecular weight is 243 g/mol. The highest BCUT2D eigenvalue weighted by molar-refractivity contribution is 9.08. The average Bonchev–Trinajstić information content (AvgIpc) is 2.71. The summed E-state index contributed by atoms with van der Waals surface area (Å²) in [5.41, 5.74) is 0.819. The zero-order valence-corrected chi connectivity index (χ0v) is 8.52. The number of imidazole rings is 1. The number of hydrogen-bond donors (Lipinski definition) is 0. The number of halogens is 1. The molecule has 0 fully saturated rings. The van der Waals surface area contributed by atoms with Crippen molar-refractivity contribution in [2.24, 2.45) is 7.05 Å². The Kier molecular flexibility index (Phi) is 2.13. The van der Waals surface area contributed by atoms with Crippen molar-refractivity contribution in [3.8, 4) is 11.6 Å². The molecule has 0 aliphatic heterocycles. The molecule has 0 radical (unpaired) electrons. The van der Waals surface area contributed by atoms with Crippen molar-refractivity contribution in [1.82, 2.24) is 19.7 Å². The van der Waals surface area contributed by atoms with Crippen molar-refractivity contribution in [1.29, 1.82) is 0 Å². The third-order valence-electron chi connectivity index (χ3n) is 1.62. The Balaban J connectivity index is 2.41. The van der Waals surface area contributed by atoms with Gasteiger partial charge in [0.05, 0.1) is 17.9 Å². The first-order valence-corrected chi connectivity index (χ1v) is 4.78. The molecule has 6 heteroatoms. The molecular formula is C7H7BrN4O. The summed E-state index contributed by atoms with van der Waals surface area (Å²) < 4.78 is 6.85. The van der Waals surface area contributed by atoms with Gasteiger partial charge in [-0.25, -0.2) is 4.98 Å². The van der Waals surface area contributed by atoms with Crippen molar-refractivity contribution in [3.05, 3.63) is 18.3 Å². The summed E-state index contributed by atoms with van der Waals surface area (Å²) in [6, 6.07) is 0. The lowest BCUT2D eigenvalue weighted by Gasteiger charge is -1.92. The van der Waals surface area contributed by atoms with Crippen LogP contribution in [0.2, 0.25) is 0 Å². The van der Waals surface area contributed by atoms with E-state index >= 15 is 0 Å². The largest absolute Gasteiger partial charge is 0.332 e. The van der Waals surface area contributed by atoms with Gasteiger partial charge in [-0.1, -0.05) is 21.1 Å². The molecule has 0 aliphatic carbocycles. The summed E-state index contributed by atoms with van der Waals surface area (Å²) in [6.45, 7) is 0. The standard InChI is InChI=1S/C7H7BrN4O/c1-12-4-9-3-5(12)7-10-6(2-8)11-13-7/h3-4H,2H2,1H3. The van der Waals surface area contributed by atoms with E-state index in [2.05, 4.69) is 31.1 Å². The molecule has 0 unspecified atom stereocenters. The van der Waals surface area contributed by atoms with E-state index in [-0.39, 0.29) is 0 Å². The van der Waals surface area contributed by atoms with E-state index in [1.807, 2.05) is 11.6 Å². The highest BCUT2D eigenvalue weighted by atomic mass is 79.9. The minimum absolute atomic E-state index is 0.495. The van der Waals surface area contributed by atoms with Gasteiger partial charge in [0.1, 0.15) is 5.69 Å². The molecule has 5 nitrogen and oxygen atoms in total. The molecule has 0 spiro atoms. The minimum atomic E-state index is 0.495. The van der Waals surface area contributed by atoms with Crippen LogP contribution in [0.1, 0.15) is 5.82 Å². The highest BCUT2D eigenvalue weighted by Crippen LogP contribution is 2.15. The van der Waals surface area contributed by atoms with Gasteiger partial charge in [-0.05, 0) is 0 Å². The van der Waals surface area contributed by atoms with Crippen LogP contribution in [0.3, 0.4) is 0 Å². The van der Waals surface area contributed by atoms with Crippen LogP contribution in [-0.2, 0) is 12.4 Å². The van der Waals surface area contributed by atoms with Crippen LogP contribution in [0.5, 0.6) is 0 Å². The van der Waals surface area contributed by atoms with Gasteiger partial charge in [0, 0.05) is 7.05 Å². The predicted octanol–water partition coefficient (Wildman–Crippen LogP) is 1.36. The molecule has 0 aliphatic rings. The van der Waals surface area contributed by atoms with Crippen LogP contribution in [0.4, 0.5) is 0 Å². The summed E-state index contributed by atoms with van der Waals surface area (Å²) in [5, 5.41) is 4.35.